The molecule has 1 aromatic carbocycles. The van der Waals surface area contributed by atoms with Gasteiger partial charge in [-0.2, -0.15) is 0 Å². The number of halogens is 1. The Morgan fingerprint density at radius 2 is 1.48 bits per heavy atom. The number of nitrogens with zero attached hydrogens (tertiary/aromatic N) is 4. The van der Waals surface area contributed by atoms with E-state index in [0.717, 1.165) is 31.4 Å². The van der Waals surface area contributed by atoms with Gasteiger partial charge in [0, 0.05) is 29.4 Å². The van der Waals surface area contributed by atoms with E-state index in [9.17, 15) is 0 Å². The third kappa shape index (κ3) is 5.69. The van der Waals surface area contributed by atoms with Gasteiger partial charge in [-0.3, -0.25) is 0 Å². The van der Waals surface area contributed by atoms with E-state index in [1.54, 1.807) is 0 Å². The summed E-state index contributed by atoms with van der Waals surface area (Å²) in [5.74, 6) is 1.98. The lowest BCUT2D eigenvalue weighted by Gasteiger charge is -2.22. The lowest BCUT2D eigenvalue weighted by Crippen LogP contribution is -2.19. The molecular weight excluding hydrogens is 496 g/mol. The lowest BCUT2D eigenvalue weighted by atomic mass is 9.87. The molecule has 2 aromatic heterocycles. The molecule has 0 spiro atoms. The van der Waals surface area contributed by atoms with Crippen LogP contribution in [0.1, 0.15) is 76.5 Å². The van der Waals surface area contributed by atoms with E-state index in [1.807, 2.05) is 12.4 Å². The minimum absolute atomic E-state index is 0.377. The van der Waals surface area contributed by atoms with E-state index in [0.29, 0.717) is 24.0 Å². The summed E-state index contributed by atoms with van der Waals surface area (Å²) < 4.78 is 7.22. The second-order valence-electron chi connectivity index (χ2n) is 9.49. The SMILES string of the molecule is CC(c1ncc(-c2ccc(-c3nnc(Br)s3)cc2)cn1)C1CCCC(OC2CCCC2)CC1. The summed E-state index contributed by atoms with van der Waals surface area (Å²) in [5, 5.41) is 9.13. The van der Waals surface area contributed by atoms with Crippen LogP contribution in [0.15, 0.2) is 40.6 Å². The molecule has 2 aliphatic carbocycles. The van der Waals surface area contributed by atoms with Gasteiger partial charge in [0.15, 0.2) is 3.92 Å². The molecule has 0 amide bonds. The van der Waals surface area contributed by atoms with Gasteiger partial charge in [-0.25, -0.2) is 9.97 Å². The van der Waals surface area contributed by atoms with Crippen molar-refractivity contribution < 1.29 is 4.74 Å². The molecule has 174 valence electrons. The van der Waals surface area contributed by atoms with Crippen molar-refractivity contribution in [1.29, 1.82) is 0 Å². The molecule has 2 fully saturated rings. The van der Waals surface area contributed by atoms with E-state index < -0.39 is 0 Å². The van der Waals surface area contributed by atoms with Gasteiger partial charge in [0.1, 0.15) is 10.8 Å². The van der Waals surface area contributed by atoms with Crippen LogP contribution < -0.4 is 0 Å². The zero-order chi connectivity index (χ0) is 22.6. The normalized spacial score (nSPS) is 22.8. The number of hydrogen-bond donors (Lipinski definition) is 0. The maximum atomic E-state index is 6.43. The molecular formula is C26H31BrN4OS. The first-order valence-electron chi connectivity index (χ1n) is 12.2. The quantitative estimate of drug-likeness (QED) is 0.312. The van der Waals surface area contributed by atoms with Crippen LogP contribution in [0.4, 0.5) is 0 Å². The Balaban J connectivity index is 1.20. The smallest absolute Gasteiger partial charge is 0.183 e. The van der Waals surface area contributed by atoms with Crippen molar-refractivity contribution in [2.45, 2.75) is 82.8 Å². The fraction of sp³-hybridized carbons (Fsp3) is 0.538. The minimum atomic E-state index is 0.377. The van der Waals surface area contributed by atoms with Gasteiger partial charge in [0.25, 0.3) is 0 Å². The molecule has 0 radical (unpaired) electrons. The van der Waals surface area contributed by atoms with Gasteiger partial charge in [-0.15, -0.1) is 10.2 Å². The molecule has 3 unspecified atom stereocenters. The predicted octanol–water partition coefficient (Wildman–Crippen LogP) is 7.44. The Kier molecular flexibility index (Phi) is 7.48. The highest BCUT2D eigenvalue weighted by atomic mass is 79.9. The predicted molar refractivity (Wildman–Crippen MR) is 136 cm³/mol. The molecule has 3 atom stereocenters. The van der Waals surface area contributed by atoms with Crippen molar-refractivity contribution in [3.63, 3.8) is 0 Å². The van der Waals surface area contributed by atoms with Crippen LogP contribution in [-0.4, -0.2) is 32.4 Å². The Morgan fingerprint density at radius 1 is 0.818 bits per heavy atom. The molecule has 33 heavy (non-hydrogen) atoms. The van der Waals surface area contributed by atoms with Crippen LogP contribution in [0.5, 0.6) is 0 Å². The minimum Gasteiger partial charge on any atom is -0.375 e. The first-order valence-corrected chi connectivity index (χ1v) is 13.8. The highest BCUT2D eigenvalue weighted by molar-refractivity contribution is 9.11. The molecule has 5 rings (SSSR count). The Labute approximate surface area is 208 Å². The number of ether oxygens (including phenoxy) is 1. The summed E-state index contributed by atoms with van der Waals surface area (Å²) in [5.41, 5.74) is 3.22. The van der Waals surface area contributed by atoms with Gasteiger partial charge in [0.2, 0.25) is 0 Å². The average Bonchev–Trinajstić information content (AvgIpc) is 3.46. The van der Waals surface area contributed by atoms with Gasteiger partial charge in [-0.1, -0.05) is 61.8 Å². The lowest BCUT2D eigenvalue weighted by molar-refractivity contribution is -0.0157. The van der Waals surface area contributed by atoms with E-state index >= 15 is 0 Å². The fourth-order valence-corrected chi connectivity index (χ4v) is 6.41. The van der Waals surface area contributed by atoms with Crippen LogP contribution in [0, 0.1) is 5.92 Å². The molecule has 2 heterocycles. The van der Waals surface area contributed by atoms with Crippen LogP contribution in [-0.2, 0) is 4.74 Å². The second kappa shape index (κ2) is 10.7. The average molecular weight is 528 g/mol. The fourth-order valence-electron chi connectivity index (χ4n) is 5.29. The first kappa shape index (κ1) is 23.1. The van der Waals surface area contributed by atoms with E-state index in [-0.39, 0.29) is 0 Å². The van der Waals surface area contributed by atoms with Gasteiger partial charge in [-0.05, 0) is 65.9 Å². The van der Waals surface area contributed by atoms with Crippen molar-refractivity contribution in [1.82, 2.24) is 20.2 Å². The second-order valence-corrected chi connectivity index (χ2v) is 11.7. The molecule has 0 bridgehead atoms. The summed E-state index contributed by atoms with van der Waals surface area (Å²) in [6, 6.07) is 8.35. The maximum absolute atomic E-state index is 6.43. The number of hydrogen-bond acceptors (Lipinski definition) is 6. The molecule has 0 saturated heterocycles. The highest BCUT2D eigenvalue weighted by Crippen LogP contribution is 2.36. The molecule has 5 nitrogen and oxygen atoms in total. The topological polar surface area (TPSA) is 60.8 Å². The van der Waals surface area contributed by atoms with Gasteiger partial charge < -0.3 is 4.74 Å². The molecule has 2 saturated carbocycles. The summed E-state index contributed by atoms with van der Waals surface area (Å²) in [4.78, 5) is 9.56. The van der Waals surface area contributed by atoms with E-state index in [1.165, 1.54) is 69.1 Å². The van der Waals surface area contributed by atoms with Crippen molar-refractivity contribution in [3.8, 4) is 21.7 Å². The summed E-state index contributed by atoms with van der Waals surface area (Å²) in [6.45, 7) is 2.30. The summed E-state index contributed by atoms with van der Waals surface area (Å²) in [7, 11) is 0. The van der Waals surface area contributed by atoms with Crippen molar-refractivity contribution in [2.75, 3.05) is 0 Å². The number of benzene rings is 1. The Hall–Kier alpha value is -1.70. The maximum Gasteiger partial charge on any atom is 0.183 e. The van der Waals surface area contributed by atoms with Crippen LogP contribution in [0.25, 0.3) is 21.7 Å². The van der Waals surface area contributed by atoms with Crippen LogP contribution >= 0.6 is 27.3 Å². The molecule has 0 N–H and O–H groups in total. The number of rotatable bonds is 6. The summed E-state index contributed by atoms with van der Waals surface area (Å²) in [6.07, 6.45) is 16.2. The van der Waals surface area contributed by atoms with E-state index in [4.69, 9.17) is 14.7 Å². The van der Waals surface area contributed by atoms with Crippen LogP contribution in [0.2, 0.25) is 0 Å². The van der Waals surface area contributed by atoms with E-state index in [2.05, 4.69) is 57.3 Å². The largest absolute Gasteiger partial charge is 0.375 e. The summed E-state index contributed by atoms with van der Waals surface area (Å²) >= 11 is 4.91. The van der Waals surface area contributed by atoms with Gasteiger partial charge >= 0.3 is 0 Å². The highest BCUT2D eigenvalue weighted by Gasteiger charge is 2.28. The molecule has 3 aromatic rings. The van der Waals surface area contributed by atoms with Crippen LogP contribution in [0.3, 0.4) is 0 Å². The molecule has 2 aliphatic rings. The molecule has 0 aliphatic heterocycles. The first-order chi connectivity index (χ1) is 16.2. The van der Waals surface area contributed by atoms with Crippen molar-refractivity contribution >= 4 is 27.3 Å². The van der Waals surface area contributed by atoms with Crippen molar-refractivity contribution in [3.05, 3.63) is 46.4 Å². The molecule has 7 heteroatoms. The zero-order valence-corrected chi connectivity index (χ0v) is 21.5. The van der Waals surface area contributed by atoms with Crippen molar-refractivity contribution in [2.24, 2.45) is 5.92 Å². The number of aromatic nitrogens is 4. The van der Waals surface area contributed by atoms with Gasteiger partial charge in [0.05, 0.1) is 12.2 Å². The Bertz CT molecular complexity index is 1030. The third-order valence-corrected chi connectivity index (χ3v) is 8.70. The monoisotopic (exact) mass is 526 g/mol. The zero-order valence-electron chi connectivity index (χ0n) is 19.1. The Morgan fingerprint density at radius 3 is 2.18 bits per heavy atom. The third-order valence-electron chi connectivity index (χ3n) is 7.30. The standard InChI is InChI=1S/C26H31BrN4OS/c1-17(18-5-4-8-23(14-13-18)32-22-6-2-3-7-22)24-28-15-21(16-29-24)19-9-11-20(12-10-19)25-30-31-26(27)33-25/h9-12,15-18,22-23H,2-8,13-14H2,1H3.